The van der Waals surface area contributed by atoms with Crippen LogP contribution in [0.15, 0.2) is 53.9 Å². The molecule has 0 aliphatic rings. The van der Waals surface area contributed by atoms with Crippen LogP contribution in [0.5, 0.6) is 0 Å². The number of nitrogens with zero attached hydrogens (tertiary/aromatic N) is 1. The molecule has 0 bridgehead atoms. The summed E-state index contributed by atoms with van der Waals surface area (Å²) in [5, 5.41) is 16.0. The quantitative estimate of drug-likeness (QED) is 0.320. The summed E-state index contributed by atoms with van der Waals surface area (Å²) in [6, 6.07) is 12.4. The first-order valence-corrected chi connectivity index (χ1v) is 9.77. The van der Waals surface area contributed by atoms with E-state index in [9.17, 15) is 19.7 Å². The van der Waals surface area contributed by atoms with Gasteiger partial charge in [0.15, 0.2) is 0 Å². The highest BCUT2D eigenvalue weighted by Gasteiger charge is 2.24. The molecular weight excluding hydrogens is 416 g/mol. The van der Waals surface area contributed by atoms with Crippen molar-refractivity contribution in [1.82, 2.24) is 0 Å². The van der Waals surface area contributed by atoms with Gasteiger partial charge in [0.2, 0.25) is 0 Å². The minimum atomic E-state index is -0.599. The zero-order valence-electron chi connectivity index (χ0n) is 15.2. The number of anilines is 1. The van der Waals surface area contributed by atoms with Crippen LogP contribution in [0.2, 0.25) is 5.02 Å². The van der Waals surface area contributed by atoms with E-state index in [4.69, 9.17) is 16.3 Å². The number of rotatable bonds is 6. The van der Waals surface area contributed by atoms with E-state index in [2.05, 4.69) is 5.32 Å². The SMILES string of the molecule is CCOC(=O)c1c(-c2ccccc2Cl)csc1NC(=O)c1cccc([N+](=O)[O-])c1. The molecule has 1 aromatic heterocycles. The van der Waals surface area contributed by atoms with E-state index in [1.54, 1.807) is 36.6 Å². The van der Waals surface area contributed by atoms with Crippen molar-refractivity contribution in [3.63, 3.8) is 0 Å². The van der Waals surface area contributed by atoms with Crippen molar-refractivity contribution in [3.8, 4) is 11.1 Å². The molecule has 29 heavy (non-hydrogen) atoms. The lowest BCUT2D eigenvalue weighted by atomic mass is 10.0. The third-order valence-electron chi connectivity index (χ3n) is 3.98. The molecule has 0 saturated heterocycles. The second-order valence-corrected chi connectivity index (χ2v) is 7.10. The predicted octanol–water partition coefficient (Wildman–Crippen LogP) is 5.41. The zero-order valence-corrected chi connectivity index (χ0v) is 16.8. The lowest BCUT2D eigenvalue weighted by Gasteiger charge is -2.09. The second-order valence-electron chi connectivity index (χ2n) is 5.82. The molecule has 0 aliphatic heterocycles. The molecule has 3 aromatic rings. The van der Waals surface area contributed by atoms with Crippen molar-refractivity contribution < 1.29 is 19.2 Å². The van der Waals surface area contributed by atoms with Crippen LogP contribution < -0.4 is 5.32 Å². The van der Waals surface area contributed by atoms with Crippen molar-refractivity contribution in [2.75, 3.05) is 11.9 Å². The molecule has 0 spiro atoms. The van der Waals surface area contributed by atoms with Crippen LogP contribution in [0.25, 0.3) is 11.1 Å². The van der Waals surface area contributed by atoms with Gasteiger partial charge in [-0.1, -0.05) is 35.9 Å². The highest BCUT2D eigenvalue weighted by atomic mass is 35.5. The van der Waals surface area contributed by atoms with E-state index in [0.29, 0.717) is 16.1 Å². The van der Waals surface area contributed by atoms with Crippen LogP contribution in [0.3, 0.4) is 0 Å². The average molecular weight is 431 g/mol. The van der Waals surface area contributed by atoms with Crippen LogP contribution in [-0.4, -0.2) is 23.4 Å². The van der Waals surface area contributed by atoms with Crippen molar-refractivity contribution >= 4 is 45.5 Å². The van der Waals surface area contributed by atoms with Crippen molar-refractivity contribution in [3.05, 3.63) is 80.2 Å². The average Bonchev–Trinajstić information content (AvgIpc) is 3.12. The van der Waals surface area contributed by atoms with Gasteiger partial charge in [-0.25, -0.2) is 4.79 Å². The Labute approximate surface area is 175 Å². The standard InChI is InChI=1S/C20H15ClN2O5S/c1-2-28-20(25)17-15(14-8-3-4-9-16(14)21)11-29-19(17)22-18(24)12-6-5-7-13(10-12)23(26)27/h3-11H,2H2,1H3,(H,22,24). The van der Waals surface area contributed by atoms with Gasteiger partial charge in [-0.2, -0.15) is 0 Å². The van der Waals surface area contributed by atoms with E-state index >= 15 is 0 Å². The number of esters is 1. The number of carbonyl (C=O) groups is 2. The molecule has 1 amide bonds. The number of hydrogen-bond donors (Lipinski definition) is 1. The smallest absolute Gasteiger partial charge is 0.341 e. The van der Waals surface area contributed by atoms with Crippen molar-refractivity contribution in [1.29, 1.82) is 0 Å². The molecule has 148 valence electrons. The predicted molar refractivity (Wildman–Crippen MR) is 112 cm³/mol. The maximum absolute atomic E-state index is 12.6. The Morgan fingerprint density at radius 3 is 2.62 bits per heavy atom. The summed E-state index contributed by atoms with van der Waals surface area (Å²) in [7, 11) is 0. The third kappa shape index (κ3) is 4.44. The van der Waals surface area contributed by atoms with Crippen LogP contribution in [-0.2, 0) is 4.74 Å². The van der Waals surface area contributed by atoms with Gasteiger partial charge in [-0.05, 0) is 19.1 Å². The Morgan fingerprint density at radius 2 is 1.93 bits per heavy atom. The number of amides is 1. The minimum Gasteiger partial charge on any atom is -0.462 e. The molecule has 7 nitrogen and oxygen atoms in total. The van der Waals surface area contributed by atoms with Crippen LogP contribution in [0.1, 0.15) is 27.6 Å². The fraction of sp³-hybridized carbons (Fsp3) is 0.100. The largest absolute Gasteiger partial charge is 0.462 e. The Bertz CT molecular complexity index is 1100. The lowest BCUT2D eigenvalue weighted by molar-refractivity contribution is -0.384. The molecule has 1 heterocycles. The van der Waals surface area contributed by atoms with E-state index in [1.165, 1.54) is 24.3 Å². The van der Waals surface area contributed by atoms with E-state index in [1.807, 2.05) is 0 Å². The molecule has 0 aliphatic carbocycles. The van der Waals surface area contributed by atoms with Crippen LogP contribution >= 0.6 is 22.9 Å². The summed E-state index contributed by atoms with van der Waals surface area (Å²) in [6.07, 6.45) is 0. The molecule has 0 saturated carbocycles. The molecule has 1 N–H and O–H groups in total. The van der Waals surface area contributed by atoms with Crippen LogP contribution in [0.4, 0.5) is 10.7 Å². The summed E-state index contributed by atoms with van der Waals surface area (Å²) in [4.78, 5) is 35.6. The topological polar surface area (TPSA) is 98.5 Å². The number of benzene rings is 2. The summed E-state index contributed by atoms with van der Waals surface area (Å²) in [5.41, 5.74) is 1.24. The summed E-state index contributed by atoms with van der Waals surface area (Å²) in [5.74, 6) is -1.18. The number of carbonyl (C=O) groups excluding carboxylic acids is 2. The van der Waals surface area contributed by atoms with Crippen molar-refractivity contribution in [2.45, 2.75) is 6.92 Å². The number of non-ortho nitro benzene ring substituents is 1. The first-order valence-electron chi connectivity index (χ1n) is 8.51. The summed E-state index contributed by atoms with van der Waals surface area (Å²) in [6.45, 7) is 1.84. The van der Waals surface area contributed by atoms with E-state index < -0.39 is 16.8 Å². The fourth-order valence-electron chi connectivity index (χ4n) is 2.67. The molecule has 0 atom stereocenters. The zero-order chi connectivity index (χ0) is 21.0. The Hall–Kier alpha value is -3.23. The van der Waals surface area contributed by atoms with Gasteiger partial charge in [0.1, 0.15) is 10.6 Å². The Balaban J connectivity index is 2.00. The first kappa shape index (κ1) is 20.5. The minimum absolute atomic E-state index is 0.0988. The molecule has 2 aromatic carbocycles. The number of hydrogen-bond acceptors (Lipinski definition) is 6. The third-order valence-corrected chi connectivity index (χ3v) is 5.21. The number of nitro benzene ring substituents is 1. The Morgan fingerprint density at radius 1 is 1.17 bits per heavy atom. The maximum Gasteiger partial charge on any atom is 0.341 e. The van der Waals surface area contributed by atoms with Gasteiger partial charge in [0.05, 0.1) is 11.5 Å². The highest BCUT2D eigenvalue weighted by Crippen LogP contribution is 2.39. The molecular formula is C20H15ClN2O5S. The van der Waals surface area contributed by atoms with Crippen molar-refractivity contribution in [2.24, 2.45) is 0 Å². The van der Waals surface area contributed by atoms with Gasteiger partial charge < -0.3 is 10.1 Å². The highest BCUT2D eigenvalue weighted by molar-refractivity contribution is 7.15. The van der Waals surface area contributed by atoms with E-state index in [0.717, 1.165) is 11.3 Å². The van der Waals surface area contributed by atoms with E-state index in [-0.39, 0.29) is 28.4 Å². The summed E-state index contributed by atoms with van der Waals surface area (Å²) < 4.78 is 5.15. The molecule has 0 unspecified atom stereocenters. The van der Waals surface area contributed by atoms with Crippen LogP contribution in [0, 0.1) is 10.1 Å². The number of ether oxygens (including phenoxy) is 1. The number of thiophene rings is 1. The molecule has 9 heteroatoms. The van der Waals surface area contributed by atoms with Gasteiger partial charge in [0.25, 0.3) is 11.6 Å². The fourth-order valence-corrected chi connectivity index (χ4v) is 3.85. The van der Waals surface area contributed by atoms with Gasteiger partial charge in [-0.3, -0.25) is 14.9 Å². The monoisotopic (exact) mass is 430 g/mol. The lowest BCUT2D eigenvalue weighted by Crippen LogP contribution is -2.15. The maximum atomic E-state index is 12.6. The normalized spacial score (nSPS) is 10.4. The van der Waals surface area contributed by atoms with Gasteiger partial charge >= 0.3 is 5.97 Å². The second kappa shape index (κ2) is 8.85. The molecule has 0 radical (unpaired) electrons. The van der Waals surface area contributed by atoms with Gasteiger partial charge in [-0.15, -0.1) is 11.3 Å². The summed E-state index contributed by atoms with van der Waals surface area (Å²) >= 11 is 7.41. The Kier molecular flexibility index (Phi) is 6.26. The first-order chi connectivity index (χ1) is 13.9. The molecule has 3 rings (SSSR count). The number of nitro groups is 1. The van der Waals surface area contributed by atoms with Gasteiger partial charge in [0, 0.05) is 39.2 Å². The number of nitrogens with one attached hydrogen (secondary N) is 1. The number of halogens is 1. The molecule has 0 fully saturated rings.